The summed E-state index contributed by atoms with van der Waals surface area (Å²) in [5.74, 6) is 0. The summed E-state index contributed by atoms with van der Waals surface area (Å²) < 4.78 is 0. The summed E-state index contributed by atoms with van der Waals surface area (Å²) in [6, 6.07) is 104. The van der Waals surface area contributed by atoms with Gasteiger partial charge in [-0.1, -0.05) is 218 Å². The summed E-state index contributed by atoms with van der Waals surface area (Å²) >= 11 is 0. The van der Waals surface area contributed by atoms with E-state index < -0.39 is 0 Å². The first-order valence-electron chi connectivity index (χ1n) is 32.2. The number of aromatic nitrogens is 7. The zero-order valence-corrected chi connectivity index (χ0v) is 53.0. The van der Waals surface area contributed by atoms with Gasteiger partial charge in [0, 0.05) is 99.2 Å². The van der Waals surface area contributed by atoms with Gasteiger partial charge in [-0.05, 0) is 187 Å². The molecule has 0 bridgehead atoms. The fourth-order valence-corrected chi connectivity index (χ4v) is 12.9. The molecule has 17 rings (SSSR count). The fourth-order valence-electron chi connectivity index (χ4n) is 12.9. The molecule has 0 amide bonds. The summed E-state index contributed by atoms with van der Waals surface area (Å²) in [6.45, 7) is 4.11. The lowest BCUT2D eigenvalue weighted by molar-refractivity contribution is 1.23. The molecule has 0 radical (unpaired) electrons. The highest BCUT2D eigenvalue weighted by Crippen LogP contribution is 2.40. The predicted octanol–water partition coefficient (Wildman–Crippen LogP) is 22.7. The van der Waals surface area contributed by atoms with E-state index in [2.05, 4.69) is 294 Å². The van der Waals surface area contributed by atoms with Crippen molar-refractivity contribution in [3.63, 3.8) is 0 Å². The zero-order valence-electron chi connectivity index (χ0n) is 53.0. The molecule has 7 nitrogen and oxygen atoms in total. The van der Waals surface area contributed by atoms with E-state index in [1.54, 1.807) is 0 Å². The van der Waals surface area contributed by atoms with Crippen molar-refractivity contribution in [1.82, 2.24) is 34.9 Å². The first kappa shape index (κ1) is 59.6. The van der Waals surface area contributed by atoms with Gasteiger partial charge in [0.1, 0.15) is 0 Å². The van der Waals surface area contributed by atoms with Gasteiger partial charge in [0.05, 0.1) is 22.1 Å². The molecule has 454 valence electrons. The lowest BCUT2D eigenvalue weighted by Gasteiger charge is -2.14. The van der Waals surface area contributed by atoms with Crippen LogP contribution in [-0.2, 0) is 0 Å². The molecule has 7 heteroatoms. The summed E-state index contributed by atoms with van der Waals surface area (Å²) in [5, 5.41) is 4.54. The molecular weight excluding hydrogens is 1170 g/mol. The van der Waals surface area contributed by atoms with Crippen molar-refractivity contribution < 1.29 is 0 Å². The highest BCUT2D eigenvalue weighted by molar-refractivity contribution is 6.13. The Hall–Kier alpha value is -12.7. The number of hydrogen-bond acceptors (Lipinski definition) is 7. The molecule has 0 spiro atoms. The minimum atomic E-state index is 0.946. The molecule has 10 aromatic carbocycles. The van der Waals surface area contributed by atoms with Crippen molar-refractivity contribution in [2.24, 2.45) is 0 Å². The van der Waals surface area contributed by atoms with Crippen LogP contribution in [-0.4, -0.2) is 34.9 Å². The number of fused-ring (bicyclic) bond motifs is 6. The third-order valence-electron chi connectivity index (χ3n) is 17.5. The smallest absolute Gasteiger partial charge is 0.0974 e. The number of benzene rings is 10. The van der Waals surface area contributed by atoms with Crippen LogP contribution in [0.3, 0.4) is 0 Å². The van der Waals surface area contributed by atoms with Crippen LogP contribution < -0.4 is 0 Å². The molecule has 7 heterocycles. The van der Waals surface area contributed by atoms with Crippen LogP contribution in [0.1, 0.15) is 11.4 Å². The Morgan fingerprint density at radius 1 is 0.188 bits per heavy atom. The average Bonchev–Trinajstić information content (AvgIpc) is 0.783. The maximum atomic E-state index is 4.90. The van der Waals surface area contributed by atoms with Crippen LogP contribution >= 0.6 is 0 Å². The molecule has 0 aliphatic rings. The van der Waals surface area contributed by atoms with E-state index in [4.69, 9.17) is 9.97 Å². The van der Waals surface area contributed by atoms with E-state index >= 15 is 0 Å². The second-order valence-electron chi connectivity index (χ2n) is 23.8. The van der Waals surface area contributed by atoms with Gasteiger partial charge in [-0.2, -0.15) is 0 Å². The number of rotatable bonds is 10. The average molecular weight is 1230 g/mol. The van der Waals surface area contributed by atoms with Crippen LogP contribution in [0.15, 0.2) is 347 Å². The summed E-state index contributed by atoms with van der Waals surface area (Å²) in [4.78, 5) is 32.1. The van der Waals surface area contributed by atoms with Gasteiger partial charge in [-0.3, -0.25) is 34.9 Å². The van der Waals surface area contributed by atoms with Crippen LogP contribution in [0.25, 0.3) is 155 Å². The lowest BCUT2D eigenvalue weighted by Crippen LogP contribution is -1.94. The van der Waals surface area contributed by atoms with Crippen molar-refractivity contribution >= 4 is 43.6 Å². The third-order valence-corrected chi connectivity index (χ3v) is 17.5. The topological polar surface area (TPSA) is 90.2 Å². The van der Waals surface area contributed by atoms with Crippen LogP contribution in [0, 0.1) is 13.8 Å². The molecule has 0 saturated heterocycles. The molecule has 0 fully saturated rings. The standard InChI is InChI=1S/C39H27N3.C26H20N2.C24H16N2/c1-7-28(34-13-4-16-40-25-34)19-31(10-1)37-22-38(32-11-2-8-29(20-32)35-14-5-17-41-26-35)24-39(23-37)33-12-3-9-30(21-33)36-15-6-18-42-27-36;1-17-15-23(19-9-5-3-6-10-19)21-13-14-22-24(20-11-7-4-8-12-20)16-18(2)28-26(22)25(21)27-17;1-3-7-17(8-4-1)19-13-15-25-23-21(19)11-12-22-20(14-16-26-24(22)23)18-9-5-2-6-10-18/h1-27H;3-16H,1-2H3;1-16H. The number of hydrogen-bond donors (Lipinski definition) is 0. The van der Waals surface area contributed by atoms with Gasteiger partial charge in [0.25, 0.3) is 0 Å². The van der Waals surface area contributed by atoms with E-state index in [-0.39, 0.29) is 0 Å². The molecule has 0 unspecified atom stereocenters. The highest BCUT2D eigenvalue weighted by Gasteiger charge is 2.17. The Labute approximate surface area is 558 Å². The SMILES string of the molecule is Cc1cc(-c2ccccc2)c2ccc3c(-c4ccccc4)cc(C)nc3c2n1.c1ccc(-c2ccnc3c2ccc2c(-c4ccccc4)ccnc23)cc1.c1cncc(-c2cccc(-c3cc(-c4cccc(-c5cccnc5)c4)cc(-c4cccc(-c5cccnc5)c4)c3)c2)c1. The van der Waals surface area contributed by atoms with E-state index in [1.165, 1.54) is 44.5 Å². The van der Waals surface area contributed by atoms with Gasteiger partial charge >= 0.3 is 0 Å². The molecule has 0 atom stereocenters. The van der Waals surface area contributed by atoms with Gasteiger partial charge in [-0.25, -0.2) is 0 Å². The molecule has 7 aromatic heterocycles. The van der Waals surface area contributed by atoms with E-state index in [0.717, 1.165) is 122 Å². The molecule has 0 N–H and O–H groups in total. The van der Waals surface area contributed by atoms with Gasteiger partial charge in [-0.15, -0.1) is 0 Å². The maximum Gasteiger partial charge on any atom is 0.0974 e. The van der Waals surface area contributed by atoms with E-state index in [1.807, 2.05) is 92.0 Å². The molecule has 0 aliphatic carbocycles. The van der Waals surface area contributed by atoms with Gasteiger partial charge in [0.2, 0.25) is 0 Å². The number of aryl methyl sites for hydroxylation is 2. The van der Waals surface area contributed by atoms with Gasteiger partial charge < -0.3 is 0 Å². The largest absolute Gasteiger partial charge is 0.264 e. The molecular formula is C89H63N7. The van der Waals surface area contributed by atoms with Crippen molar-refractivity contribution in [1.29, 1.82) is 0 Å². The second kappa shape index (κ2) is 27.2. The highest BCUT2D eigenvalue weighted by atomic mass is 14.8. The third kappa shape index (κ3) is 12.7. The number of pyridine rings is 7. The Morgan fingerprint density at radius 2 is 0.448 bits per heavy atom. The van der Waals surface area contributed by atoms with Crippen molar-refractivity contribution in [3.8, 4) is 111 Å². The van der Waals surface area contributed by atoms with E-state index in [0.29, 0.717) is 0 Å². The van der Waals surface area contributed by atoms with Crippen molar-refractivity contribution in [2.75, 3.05) is 0 Å². The Kier molecular flexibility index (Phi) is 16.9. The predicted molar refractivity (Wildman–Crippen MR) is 398 cm³/mol. The lowest BCUT2D eigenvalue weighted by atomic mass is 9.91. The maximum absolute atomic E-state index is 4.90. The first-order chi connectivity index (χ1) is 47.4. The van der Waals surface area contributed by atoms with E-state index in [9.17, 15) is 0 Å². The summed E-state index contributed by atoms with van der Waals surface area (Å²) in [6.07, 6.45) is 14.9. The molecule has 96 heavy (non-hydrogen) atoms. The number of nitrogens with zero attached hydrogens (tertiary/aromatic N) is 7. The Bertz CT molecular complexity index is 5140. The van der Waals surface area contributed by atoms with Crippen LogP contribution in [0.2, 0.25) is 0 Å². The minimum absolute atomic E-state index is 0.946. The molecule has 0 aliphatic heterocycles. The quantitative estimate of drug-likeness (QED) is 0.126. The van der Waals surface area contributed by atoms with Gasteiger partial charge in [0.15, 0.2) is 0 Å². The zero-order chi connectivity index (χ0) is 64.6. The summed E-state index contributed by atoms with van der Waals surface area (Å²) in [5.41, 5.74) is 29.1. The molecule has 0 saturated carbocycles. The Morgan fingerprint density at radius 3 is 0.750 bits per heavy atom. The van der Waals surface area contributed by atoms with Crippen molar-refractivity contribution in [3.05, 3.63) is 358 Å². The summed E-state index contributed by atoms with van der Waals surface area (Å²) in [7, 11) is 0. The normalized spacial score (nSPS) is 11.0. The first-order valence-corrected chi connectivity index (χ1v) is 32.2. The minimum Gasteiger partial charge on any atom is -0.264 e. The Balaban J connectivity index is 0.000000123. The molecule has 17 aromatic rings. The van der Waals surface area contributed by atoms with Crippen LogP contribution in [0.4, 0.5) is 0 Å². The van der Waals surface area contributed by atoms with Crippen LogP contribution in [0.5, 0.6) is 0 Å². The van der Waals surface area contributed by atoms with Crippen molar-refractivity contribution in [2.45, 2.75) is 13.8 Å². The second-order valence-corrected chi connectivity index (χ2v) is 23.8. The fraction of sp³-hybridized carbons (Fsp3) is 0.0225. The monoisotopic (exact) mass is 1230 g/mol.